The van der Waals surface area contributed by atoms with Crippen molar-refractivity contribution >= 4 is 17.8 Å². The van der Waals surface area contributed by atoms with Crippen LogP contribution in [0.4, 0.5) is 4.39 Å². The molecule has 0 atom stereocenters. The van der Waals surface area contributed by atoms with Crippen LogP contribution in [0.25, 0.3) is 10.4 Å². The molecular weight excluding hydrogens is 203 g/mol. The summed E-state index contributed by atoms with van der Waals surface area (Å²) in [5.74, 6) is -0.307. The summed E-state index contributed by atoms with van der Waals surface area (Å²) >= 11 is 1.12. The van der Waals surface area contributed by atoms with Gasteiger partial charge in [0.2, 0.25) is 0 Å². The van der Waals surface area contributed by atoms with Gasteiger partial charge in [0.15, 0.2) is 6.29 Å². The molecule has 0 saturated heterocycles. The molecule has 0 saturated carbocycles. The van der Waals surface area contributed by atoms with Crippen LogP contribution in [0.5, 0.6) is 0 Å². The molecule has 0 unspecified atom stereocenters. The molecular formula is C9H5FN2OS. The number of carbonyl (C=O) groups is 1. The first-order valence-electron chi connectivity index (χ1n) is 3.85. The molecule has 0 amide bonds. The van der Waals surface area contributed by atoms with Gasteiger partial charge in [0.05, 0.1) is 4.88 Å². The average molecular weight is 208 g/mol. The topological polar surface area (TPSA) is 42.9 Å². The first-order valence-corrected chi connectivity index (χ1v) is 4.62. The van der Waals surface area contributed by atoms with E-state index in [0.717, 1.165) is 17.1 Å². The SMILES string of the molecule is O=Cc1nnsc1-c1ccc(F)cc1. The molecule has 0 aliphatic carbocycles. The molecule has 0 radical (unpaired) electrons. The lowest BCUT2D eigenvalue weighted by Crippen LogP contribution is -1.84. The Hall–Kier alpha value is -1.62. The quantitative estimate of drug-likeness (QED) is 0.710. The van der Waals surface area contributed by atoms with Crippen LogP contribution >= 0.6 is 11.5 Å². The maximum absolute atomic E-state index is 12.6. The Morgan fingerprint density at radius 3 is 2.64 bits per heavy atom. The van der Waals surface area contributed by atoms with Gasteiger partial charge in [-0.1, -0.05) is 16.6 Å². The highest BCUT2D eigenvalue weighted by atomic mass is 32.1. The standard InChI is InChI=1S/C9H5FN2OS/c10-7-3-1-6(2-4-7)9-8(5-13)11-12-14-9/h1-5H. The lowest BCUT2D eigenvalue weighted by molar-refractivity contribution is 0.111. The van der Waals surface area contributed by atoms with Crippen molar-refractivity contribution in [3.05, 3.63) is 35.8 Å². The minimum Gasteiger partial charge on any atom is -0.296 e. The van der Waals surface area contributed by atoms with E-state index in [9.17, 15) is 9.18 Å². The van der Waals surface area contributed by atoms with Gasteiger partial charge in [-0.15, -0.1) is 5.10 Å². The minimum atomic E-state index is -0.307. The fourth-order valence-electron chi connectivity index (χ4n) is 1.08. The number of nitrogens with zero attached hydrogens (tertiary/aromatic N) is 2. The lowest BCUT2D eigenvalue weighted by Gasteiger charge is -1.95. The molecule has 1 aromatic carbocycles. The van der Waals surface area contributed by atoms with Gasteiger partial charge in [-0.25, -0.2) is 4.39 Å². The Kier molecular flexibility index (Phi) is 2.32. The second-order valence-corrected chi connectivity index (χ2v) is 3.37. The second kappa shape index (κ2) is 3.63. The van der Waals surface area contributed by atoms with Gasteiger partial charge >= 0.3 is 0 Å². The summed E-state index contributed by atoms with van der Waals surface area (Å²) in [7, 11) is 0. The maximum Gasteiger partial charge on any atom is 0.171 e. The molecule has 0 aliphatic rings. The van der Waals surface area contributed by atoms with Crippen LogP contribution in [0.15, 0.2) is 24.3 Å². The van der Waals surface area contributed by atoms with Crippen LogP contribution < -0.4 is 0 Å². The molecule has 0 spiro atoms. The number of halogens is 1. The number of hydrogen-bond acceptors (Lipinski definition) is 4. The van der Waals surface area contributed by atoms with Crippen LogP contribution in [-0.2, 0) is 0 Å². The van der Waals surface area contributed by atoms with Gasteiger partial charge in [-0.05, 0) is 29.2 Å². The van der Waals surface area contributed by atoms with Crippen LogP contribution in [0.3, 0.4) is 0 Å². The van der Waals surface area contributed by atoms with Crippen LogP contribution in [0, 0.1) is 5.82 Å². The summed E-state index contributed by atoms with van der Waals surface area (Å²) in [6.07, 6.45) is 0.641. The molecule has 2 aromatic rings. The summed E-state index contributed by atoms with van der Waals surface area (Å²) < 4.78 is 16.3. The van der Waals surface area contributed by atoms with Gasteiger partial charge in [-0.2, -0.15) is 0 Å². The average Bonchev–Trinajstić information content (AvgIpc) is 2.67. The number of aldehydes is 1. The molecule has 5 heteroatoms. The lowest BCUT2D eigenvalue weighted by atomic mass is 10.1. The molecule has 0 bridgehead atoms. The molecule has 14 heavy (non-hydrogen) atoms. The van der Waals surface area contributed by atoms with Crippen LogP contribution in [-0.4, -0.2) is 15.9 Å². The van der Waals surface area contributed by atoms with Crippen molar-refractivity contribution in [1.82, 2.24) is 9.59 Å². The van der Waals surface area contributed by atoms with E-state index in [2.05, 4.69) is 9.59 Å². The predicted molar refractivity (Wildman–Crippen MR) is 50.7 cm³/mol. The number of carbonyl (C=O) groups excluding carboxylic acids is 1. The highest BCUT2D eigenvalue weighted by molar-refractivity contribution is 7.09. The van der Waals surface area contributed by atoms with Crippen molar-refractivity contribution in [2.24, 2.45) is 0 Å². The van der Waals surface area contributed by atoms with Crippen molar-refractivity contribution in [3.63, 3.8) is 0 Å². The third-order valence-electron chi connectivity index (χ3n) is 1.73. The summed E-state index contributed by atoms with van der Waals surface area (Å²) in [6.45, 7) is 0. The maximum atomic E-state index is 12.6. The molecule has 2 rings (SSSR count). The fraction of sp³-hybridized carbons (Fsp3) is 0. The molecule has 0 fully saturated rings. The molecule has 3 nitrogen and oxygen atoms in total. The van der Waals surface area contributed by atoms with Crippen molar-refractivity contribution in [3.8, 4) is 10.4 Å². The van der Waals surface area contributed by atoms with E-state index in [0.29, 0.717) is 16.9 Å². The summed E-state index contributed by atoms with van der Waals surface area (Å²) in [5, 5.41) is 3.64. The third-order valence-corrected chi connectivity index (χ3v) is 2.52. The van der Waals surface area contributed by atoms with E-state index in [1.54, 1.807) is 12.1 Å². The normalized spacial score (nSPS) is 10.1. The fourth-order valence-corrected chi connectivity index (χ4v) is 1.71. The first-order chi connectivity index (χ1) is 6.81. The van der Waals surface area contributed by atoms with Crippen LogP contribution in [0.2, 0.25) is 0 Å². The van der Waals surface area contributed by atoms with Gasteiger partial charge in [0.1, 0.15) is 11.5 Å². The number of benzene rings is 1. The van der Waals surface area contributed by atoms with E-state index in [1.165, 1.54) is 12.1 Å². The monoisotopic (exact) mass is 208 g/mol. The Balaban J connectivity index is 2.49. The Bertz CT molecular complexity index is 452. The van der Waals surface area contributed by atoms with Gasteiger partial charge < -0.3 is 0 Å². The largest absolute Gasteiger partial charge is 0.296 e. The van der Waals surface area contributed by atoms with Gasteiger partial charge in [0.25, 0.3) is 0 Å². The summed E-state index contributed by atoms with van der Waals surface area (Å²) in [4.78, 5) is 11.2. The van der Waals surface area contributed by atoms with E-state index in [4.69, 9.17) is 0 Å². The summed E-state index contributed by atoms with van der Waals surface area (Å²) in [5.41, 5.74) is 1.05. The molecule has 70 valence electrons. The molecule has 0 N–H and O–H groups in total. The van der Waals surface area contributed by atoms with E-state index < -0.39 is 0 Å². The first kappa shape index (κ1) is 8.96. The second-order valence-electron chi connectivity index (χ2n) is 2.61. The van der Waals surface area contributed by atoms with E-state index in [-0.39, 0.29) is 5.82 Å². The smallest absolute Gasteiger partial charge is 0.171 e. The molecule has 0 aliphatic heterocycles. The Morgan fingerprint density at radius 2 is 2.00 bits per heavy atom. The summed E-state index contributed by atoms with van der Waals surface area (Å²) in [6, 6.07) is 5.86. The molecule has 1 aromatic heterocycles. The van der Waals surface area contributed by atoms with E-state index >= 15 is 0 Å². The highest BCUT2D eigenvalue weighted by Gasteiger charge is 2.08. The molecule has 1 heterocycles. The highest BCUT2D eigenvalue weighted by Crippen LogP contribution is 2.24. The Morgan fingerprint density at radius 1 is 1.29 bits per heavy atom. The Labute approximate surface area is 83.4 Å². The van der Waals surface area contributed by atoms with Gasteiger partial charge in [-0.3, -0.25) is 4.79 Å². The zero-order valence-electron chi connectivity index (χ0n) is 6.98. The predicted octanol–water partition coefficient (Wildman–Crippen LogP) is 2.16. The van der Waals surface area contributed by atoms with Crippen LogP contribution in [0.1, 0.15) is 10.5 Å². The number of hydrogen-bond donors (Lipinski definition) is 0. The van der Waals surface area contributed by atoms with Gasteiger partial charge in [0, 0.05) is 0 Å². The number of aromatic nitrogens is 2. The third kappa shape index (κ3) is 1.54. The van der Waals surface area contributed by atoms with Crippen molar-refractivity contribution in [1.29, 1.82) is 0 Å². The zero-order valence-corrected chi connectivity index (χ0v) is 7.79. The minimum absolute atomic E-state index is 0.293. The zero-order chi connectivity index (χ0) is 9.97. The van der Waals surface area contributed by atoms with Crippen molar-refractivity contribution in [2.75, 3.05) is 0 Å². The van der Waals surface area contributed by atoms with E-state index in [1.807, 2.05) is 0 Å². The van der Waals surface area contributed by atoms with Crippen molar-refractivity contribution < 1.29 is 9.18 Å². The van der Waals surface area contributed by atoms with Crippen molar-refractivity contribution in [2.45, 2.75) is 0 Å². The number of rotatable bonds is 2.